The predicted molar refractivity (Wildman–Crippen MR) is 114 cm³/mol. The third-order valence-corrected chi connectivity index (χ3v) is 4.94. The molecule has 1 heterocycles. The number of ether oxygens (including phenoxy) is 1. The summed E-state index contributed by atoms with van der Waals surface area (Å²) in [5, 5.41) is 17.2. The second kappa shape index (κ2) is 8.93. The molecule has 0 aliphatic rings. The number of aromatic nitrogens is 2. The van der Waals surface area contributed by atoms with Gasteiger partial charge in [-0.05, 0) is 56.5 Å². The van der Waals surface area contributed by atoms with Crippen LogP contribution in [0.25, 0.3) is 0 Å². The molecule has 0 aliphatic carbocycles. The van der Waals surface area contributed by atoms with Crippen LogP contribution in [-0.2, 0) is 17.5 Å². The lowest BCUT2D eigenvalue weighted by Crippen LogP contribution is -2.21. The second-order valence-corrected chi connectivity index (χ2v) is 7.65. The number of nitrogens with one attached hydrogen (secondary N) is 1. The first-order chi connectivity index (χ1) is 15.3. The fraction of sp³-hybridized carbons (Fsp3) is 0.273. The van der Waals surface area contributed by atoms with Crippen LogP contribution in [0.3, 0.4) is 0 Å². The number of amides is 1. The average Bonchev–Trinajstić information content (AvgIpc) is 3.06. The van der Waals surface area contributed by atoms with Gasteiger partial charge in [-0.25, -0.2) is 0 Å². The van der Waals surface area contributed by atoms with Crippen molar-refractivity contribution in [1.29, 1.82) is 0 Å². The highest BCUT2D eigenvalue weighted by Crippen LogP contribution is 2.33. The maximum absolute atomic E-state index is 12.8. The maximum atomic E-state index is 12.8. The van der Waals surface area contributed by atoms with E-state index in [-0.39, 0.29) is 22.8 Å². The number of alkyl halides is 3. The van der Waals surface area contributed by atoms with Gasteiger partial charge < -0.3 is 10.1 Å². The molecule has 0 unspecified atom stereocenters. The zero-order valence-corrected chi connectivity index (χ0v) is 18.3. The van der Waals surface area contributed by atoms with Gasteiger partial charge in [-0.15, -0.1) is 0 Å². The van der Waals surface area contributed by atoms with E-state index in [1.165, 1.54) is 19.1 Å². The number of aryl methyl sites for hydroxylation is 3. The zero-order chi connectivity index (χ0) is 24.5. The molecular formula is C22H21F3N4O4. The summed E-state index contributed by atoms with van der Waals surface area (Å²) in [5.74, 6) is -0.0664. The Hall–Kier alpha value is -3.89. The van der Waals surface area contributed by atoms with Crippen molar-refractivity contribution in [3.63, 3.8) is 0 Å². The first-order valence-corrected chi connectivity index (χ1v) is 9.80. The van der Waals surface area contributed by atoms with Gasteiger partial charge in [0.15, 0.2) is 5.69 Å². The van der Waals surface area contributed by atoms with Crippen LogP contribution < -0.4 is 10.1 Å². The van der Waals surface area contributed by atoms with Gasteiger partial charge in [0.1, 0.15) is 18.0 Å². The highest BCUT2D eigenvalue weighted by molar-refractivity contribution is 5.91. The smallest absolute Gasteiger partial charge is 0.435 e. The quantitative estimate of drug-likeness (QED) is 0.387. The SMILES string of the molecule is Cc1cc(C)c(C)c(Oc2cc(NC(=O)Cn3nc(C(F)(F)F)cc3C)cc([N+](=O)[O-])c2)c1. The summed E-state index contributed by atoms with van der Waals surface area (Å²) in [4.78, 5) is 23.2. The highest BCUT2D eigenvalue weighted by Gasteiger charge is 2.34. The average molecular weight is 462 g/mol. The molecule has 8 nitrogen and oxygen atoms in total. The number of anilines is 1. The van der Waals surface area contributed by atoms with E-state index in [0.717, 1.165) is 33.5 Å². The van der Waals surface area contributed by atoms with Crippen LogP contribution in [0.5, 0.6) is 11.5 Å². The first-order valence-electron chi connectivity index (χ1n) is 9.80. The van der Waals surface area contributed by atoms with E-state index in [0.29, 0.717) is 5.75 Å². The largest absolute Gasteiger partial charge is 0.457 e. The molecule has 0 aliphatic heterocycles. The molecule has 1 aromatic heterocycles. The van der Waals surface area contributed by atoms with Gasteiger partial charge in [0.05, 0.1) is 16.7 Å². The van der Waals surface area contributed by atoms with Gasteiger partial charge in [0.2, 0.25) is 5.91 Å². The Morgan fingerprint density at radius 3 is 2.42 bits per heavy atom. The topological polar surface area (TPSA) is 99.3 Å². The molecule has 0 saturated carbocycles. The number of nitrogens with zero attached hydrogens (tertiary/aromatic N) is 3. The molecule has 2 aromatic carbocycles. The predicted octanol–water partition coefficient (Wildman–Crippen LogP) is 5.47. The first kappa shape index (κ1) is 23.8. The minimum atomic E-state index is -4.63. The third kappa shape index (κ3) is 5.68. The Morgan fingerprint density at radius 2 is 1.82 bits per heavy atom. The number of carbonyl (C=O) groups is 1. The van der Waals surface area contributed by atoms with Crippen molar-refractivity contribution in [2.75, 3.05) is 5.32 Å². The van der Waals surface area contributed by atoms with E-state index in [1.807, 2.05) is 26.8 Å². The number of hydrogen-bond donors (Lipinski definition) is 1. The van der Waals surface area contributed by atoms with Crippen molar-refractivity contribution in [3.8, 4) is 11.5 Å². The lowest BCUT2D eigenvalue weighted by molar-refractivity contribution is -0.384. The summed E-state index contributed by atoms with van der Waals surface area (Å²) in [6.45, 7) is 6.54. The Labute approximate surface area is 187 Å². The number of non-ortho nitro benzene ring substituents is 1. The van der Waals surface area contributed by atoms with Crippen LogP contribution in [0.2, 0.25) is 0 Å². The molecule has 11 heteroatoms. The van der Waals surface area contributed by atoms with Crippen LogP contribution in [0.15, 0.2) is 36.4 Å². The van der Waals surface area contributed by atoms with Crippen molar-refractivity contribution in [1.82, 2.24) is 9.78 Å². The molecule has 1 N–H and O–H groups in total. The number of rotatable bonds is 6. The molecule has 0 fully saturated rings. The summed E-state index contributed by atoms with van der Waals surface area (Å²) in [5.41, 5.74) is 1.56. The third-order valence-electron chi connectivity index (χ3n) is 4.94. The van der Waals surface area contributed by atoms with Gasteiger partial charge in [-0.1, -0.05) is 6.07 Å². The van der Waals surface area contributed by atoms with E-state index in [9.17, 15) is 28.1 Å². The minimum absolute atomic E-state index is 0.0621. The van der Waals surface area contributed by atoms with Crippen LogP contribution in [0.1, 0.15) is 28.1 Å². The summed E-state index contributed by atoms with van der Waals surface area (Å²) < 4.78 is 45.3. The maximum Gasteiger partial charge on any atom is 0.435 e. The van der Waals surface area contributed by atoms with Crippen LogP contribution in [0, 0.1) is 37.8 Å². The van der Waals surface area contributed by atoms with Crippen molar-refractivity contribution < 1.29 is 27.6 Å². The van der Waals surface area contributed by atoms with E-state index in [1.54, 1.807) is 6.07 Å². The molecule has 3 aromatic rings. The van der Waals surface area contributed by atoms with Crippen LogP contribution in [0.4, 0.5) is 24.5 Å². The van der Waals surface area contributed by atoms with E-state index >= 15 is 0 Å². The zero-order valence-electron chi connectivity index (χ0n) is 18.3. The Kier molecular flexibility index (Phi) is 6.43. The number of hydrogen-bond acceptors (Lipinski definition) is 5. The number of carbonyl (C=O) groups excluding carboxylic acids is 1. The standard InChI is InChI=1S/C22H21F3N4O4/c1-12-5-13(2)15(4)19(6-12)33-18-9-16(8-17(10-18)29(31)32)26-21(30)11-28-14(3)7-20(27-28)22(23,24)25/h5-10H,11H2,1-4H3,(H,26,30). The second-order valence-electron chi connectivity index (χ2n) is 7.65. The number of halogens is 3. The molecule has 0 spiro atoms. The fourth-order valence-electron chi connectivity index (χ4n) is 3.20. The van der Waals surface area contributed by atoms with Crippen molar-refractivity contribution in [2.24, 2.45) is 0 Å². The Balaban J connectivity index is 1.85. The monoisotopic (exact) mass is 462 g/mol. The molecule has 0 atom stereocenters. The van der Waals surface area contributed by atoms with E-state index < -0.39 is 29.2 Å². The molecule has 1 amide bonds. The summed E-state index contributed by atoms with van der Waals surface area (Å²) in [7, 11) is 0. The van der Waals surface area contributed by atoms with Crippen molar-refractivity contribution in [3.05, 3.63) is 74.6 Å². The van der Waals surface area contributed by atoms with Crippen molar-refractivity contribution in [2.45, 2.75) is 40.4 Å². The van der Waals surface area contributed by atoms with E-state index in [4.69, 9.17) is 4.74 Å². The molecule has 33 heavy (non-hydrogen) atoms. The normalized spacial score (nSPS) is 11.4. The van der Waals surface area contributed by atoms with Crippen molar-refractivity contribution >= 4 is 17.3 Å². The number of benzene rings is 2. The lowest BCUT2D eigenvalue weighted by Gasteiger charge is -2.13. The molecule has 174 valence electrons. The van der Waals surface area contributed by atoms with Gasteiger partial charge in [0.25, 0.3) is 5.69 Å². The summed E-state index contributed by atoms with van der Waals surface area (Å²) in [6, 6.07) is 8.36. The highest BCUT2D eigenvalue weighted by atomic mass is 19.4. The lowest BCUT2D eigenvalue weighted by atomic mass is 10.1. The minimum Gasteiger partial charge on any atom is -0.457 e. The molecule has 0 saturated heterocycles. The van der Waals surface area contributed by atoms with Crippen LogP contribution in [-0.4, -0.2) is 20.6 Å². The summed E-state index contributed by atoms with van der Waals surface area (Å²) >= 11 is 0. The van der Waals surface area contributed by atoms with Gasteiger partial charge >= 0.3 is 6.18 Å². The van der Waals surface area contributed by atoms with E-state index in [2.05, 4.69) is 10.4 Å². The van der Waals surface area contributed by atoms with Gasteiger partial charge in [-0.2, -0.15) is 18.3 Å². The van der Waals surface area contributed by atoms with Gasteiger partial charge in [-0.3, -0.25) is 19.6 Å². The molecule has 0 bridgehead atoms. The molecular weight excluding hydrogens is 441 g/mol. The van der Waals surface area contributed by atoms with Gasteiger partial charge in [0, 0.05) is 17.8 Å². The molecule has 3 rings (SSSR count). The molecule has 0 radical (unpaired) electrons. The number of nitro groups is 1. The Bertz CT molecular complexity index is 1240. The fourth-order valence-corrected chi connectivity index (χ4v) is 3.20. The van der Waals surface area contributed by atoms with Crippen LogP contribution >= 0.6 is 0 Å². The summed E-state index contributed by atoms with van der Waals surface area (Å²) in [6.07, 6.45) is -4.63. The Morgan fingerprint density at radius 1 is 1.12 bits per heavy atom. The number of nitro benzene ring substituents is 1.